The molecular weight excluding hydrogens is 239 g/mol. The molecular formula is C13H15FO4. The first-order valence-electron chi connectivity index (χ1n) is 5.67. The van der Waals surface area contributed by atoms with Gasteiger partial charge in [0.2, 0.25) is 0 Å². The number of carbonyl (C=O) groups is 2. The van der Waals surface area contributed by atoms with E-state index in [0.717, 1.165) is 0 Å². The molecule has 18 heavy (non-hydrogen) atoms. The van der Waals surface area contributed by atoms with Crippen molar-refractivity contribution < 1.29 is 23.5 Å². The Morgan fingerprint density at radius 1 is 1.17 bits per heavy atom. The van der Waals surface area contributed by atoms with Gasteiger partial charge in [-0.1, -0.05) is 12.1 Å². The second kappa shape index (κ2) is 7.42. The molecule has 4 nitrogen and oxygen atoms in total. The topological polar surface area (TPSA) is 52.6 Å². The first-order valence-corrected chi connectivity index (χ1v) is 5.67. The molecule has 0 N–H and O–H groups in total. The summed E-state index contributed by atoms with van der Waals surface area (Å²) in [6.45, 7) is 1.98. The fourth-order valence-electron chi connectivity index (χ4n) is 1.30. The molecule has 0 aliphatic rings. The maximum Gasteiger partial charge on any atom is 0.306 e. The number of benzene rings is 1. The van der Waals surface area contributed by atoms with Crippen LogP contribution in [0.3, 0.4) is 0 Å². The summed E-state index contributed by atoms with van der Waals surface area (Å²) in [5, 5.41) is 0. The van der Waals surface area contributed by atoms with Crippen LogP contribution in [0.2, 0.25) is 0 Å². The Bertz CT molecular complexity index is 417. The lowest BCUT2D eigenvalue weighted by Crippen LogP contribution is -2.10. The van der Waals surface area contributed by atoms with Crippen LogP contribution in [0.25, 0.3) is 0 Å². The highest BCUT2D eigenvalue weighted by Crippen LogP contribution is 2.06. The van der Waals surface area contributed by atoms with Crippen molar-refractivity contribution in [2.75, 3.05) is 6.61 Å². The molecule has 0 saturated heterocycles. The van der Waals surface area contributed by atoms with Crippen molar-refractivity contribution in [1.82, 2.24) is 0 Å². The molecule has 1 aromatic carbocycles. The first kappa shape index (κ1) is 14.2. The summed E-state index contributed by atoms with van der Waals surface area (Å²) in [6.07, 6.45) is -0.0377. The molecule has 0 radical (unpaired) electrons. The zero-order valence-electron chi connectivity index (χ0n) is 10.1. The quantitative estimate of drug-likeness (QED) is 0.730. The van der Waals surface area contributed by atoms with Crippen molar-refractivity contribution in [2.24, 2.45) is 0 Å². The lowest BCUT2D eigenvalue weighted by molar-refractivity contribution is -0.150. The zero-order valence-corrected chi connectivity index (χ0v) is 10.1. The van der Waals surface area contributed by atoms with E-state index in [9.17, 15) is 14.0 Å². The highest BCUT2D eigenvalue weighted by atomic mass is 19.1. The van der Waals surface area contributed by atoms with E-state index < -0.39 is 11.9 Å². The van der Waals surface area contributed by atoms with Crippen molar-refractivity contribution in [3.05, 3.63) is 35.6 Å². The molecule has 0 spiro atoms. The summed E-state index contributed by atoms with van der Waals surface area (Å²) in [5.74, 6) is -1.32. The van der Waals surface area contributed by atoms with Gasteiger partial charge in [0.1, 0.15) is 12.4 Å². The van der Waals surface area contributed by atoms with Crippen LogP contribution in [0.4, 0.5) is 4.39 Å². The minimum Gasteiger partial charge on any atom is -0.466 e. The second-order valence-corrected chi connectivity index (χ2v) is 3.60. The molecule has 1 rings (SSSR count). The Kier molecular flexibility index (Phi) is 5.84. The lowest BCUT2D eigenvalue weighted by atomic mass is 10.2. The average Bonchev–Trinajstić information content (AvgIpc) is 2.34. The molecule has 0 aromatic heterocycles. The Balaban J connectivity index is 2.27. The number of hydrogen-bond acceptors (Lipinski definition) is 4. The summed E-state index contributed by atoms with van der Waals surface area (Å²) in [6, 6.07) is 5.80. The Morgan fingerprint density at radius 3 is 2.44 bits per heavy atom. The van der Waals surface area contributed by atoms with Gasteiger partial charge in [-0.2, -0.15) is 0 Å². The van der Waals surface area contributed by atoms with Crippen molar-refractivity contribution in [2.45, 2.75) is 26.4 Å². The third-order valence-electron chi connectivity index (χ3n) is 2.13. The Labute approximate surface area is 105 Å². The smallest absolute Gasteiger partial charge is 0.306 e. The standard InChI is InChI=1S/C13H15FO4/c1-2-17-12(15)6-7-13(16)18-9-10-4-3-5-11(14)8-10/h3-5,8H,2,6-7,9H2,1H3. The molecule has 5 heteroatoms. The SMILES string of the molecule is CCOC(=O)CCC(=O)OCc1cccc(F)c1. The van der Waals surface area contributed by atoms with Crippen LogP contribution in [-0.4, -0.2) is 18.5 Å². The first-order chi connectivity index (χ1) is 8.61. The number of ether oxygens (including phenoxy) is 2. The Morgan fingerprint density at radius 2 is 1.83 bits per heavy atom. The van der Waals surface area contributed by atoms with E-state index in [1.807, 2.05) is 0 Å². The van der Waals surface area contributed by atoms with Gasteiger partial charge in [-0.25, -0.2) is 4.39 Å². The summed E-state index contributed by atoms with van der Waals surface area (Å²) >= 11 is 0. The minimum atomic E-state index is -0.507. The van der Waals surface area contributed by atoms with E-state index in [4.69, 9.17) is 4.74 Å². The molecule has 0 fully saturated rings. The van der Waals surface area contributed by atoms with Gasteiger partial charge >= 0.3 is 11.9 Å². The molecule has 0 heterocycles. The summed E-state index contributed by atoms with van der Waals surface area (Å²) in [5.41, 5.74) is 0.569. The predicted octanol–water partition coefficient (Wildman–Crippen LogP) is 2.21. The zero-order chi connectivity index (χ0) is 13.4. The van der Waals surface area contributed by atoms with Gasteiger partial charge in [-0.3, -0.25) is 9.59 Å². The highest BCUT2D eigenvalue weighted by Gasteiger charge is 2.08. The van der Waals surface area contributed by atoms with E-state index in [1.54, 1.807) is 13.0 Å². The number of esters is 2. The van der Waals surface area contributed by atoms with Crippen LogP contribution in [0.15, 0.2) is 24.3 Å². The maximum atomic E-state index is 12.8. The van der Waals surface area contributed by atoms with Gasteiger partial charge in [0.05, 0.1) is 19.4 Å². The fourth-order valence-corrected chi connectivity index (χ4v) is 1.30. The molecule has 0 bridgehead atoms. The number of halogens is 1. The van der Waals surface area contributed by atoms with E-state index >= 15 is 0 Å². The molecule has 98 valence electrons. The van der Waals surface area contributed by atoms with Crippen LogP contribution in [-0.2, 0) is 25.7 Å². The van der Waals surface area contributed by atoms with Gasteiger partial charge in [0.25, 0.3) is 0 Å². The van der Waals surface area contributed by atoms with Gasteiger partial charge in [-0.05, 0) is 24.6 Å². The lowest BCUT2D eigenvalue weighted by Gasteiger charge is -2.05. The monoisotopic (exact) mass is 254 g/mol. The van der Waals surface area contributed by atoms with Crippen LogP contribution in [0.1, 0.15) is 25.3 Å². The van der Waals surface area contributed by atoms with Gasteiger partial charge in [-0.15, -0.1) is 0 Å². The summed E-state index contributed by atoms with van der Waals surface area (Å²) < 4.78 is 22.4. The van der Waals surface area contributed by atoms with Gasteiger partial charge in [0.15, 0.2) is 0 Å². The number of carbonyl (C=O) groups excluding carboxylic acids is 2. The largest absolute Gasteiger partial charge is 0.466 e. The van der Waals surface area contributed by atoms with Crippen LogP contribution in [0, 0.1) is 5.82 Å². The van der Waals surface area contributed by atoms with E-state index in [2.05, 4.69) is 4.74 Å². The average molecular weight is 254 g/mol. The van der Waals surface area contributed by atoms with Crippen molar-refractivity contribution in [1.29, 1.82) is 0 Å². The van der Waals surface area contributed by atoms with Crippen LogP contribution in [0.5, 0.6) is 0 Å². The molecule has 1 aromatic rings. The second-order valence-electron chi connectivity index (χ2n) is 3.60. The molecule has 0 amide bonds. The summed E-state index contributed by atoms with van der Waals surface area (Å²) in [4.78, 5) is 22.3. The number of hydrogen-bond donors (Lipinski definition) is 0. The molecule has 0 saturated carbocycles. The Hall–Kier alpha value is -1.91. The van der Waals surface area contributed by atoms with Crippen LogP contribution >= 0.6 is 0 Å². The summed E-state index contributed by atoms with van der Waals surface area (Å²) in [7, 11) is 0. The van der Waals surface area contributed by atoms with Crippen molar-refractivity contribution >= 4 is 11.9 Å². The minimum absolute atomic E-state index is 0.000577. The maximum absolute atomic E-state index is 12.8. The van der Waals surface area contributed by atoms with E-state index in [1.165, 1.54) is 18.2 Å². The highest BCUT2D eigenvalue weighted by molar-refractivity contribution is 5.77. The number of rotatable bonds is 6. The molecule has 0 atom stereocenters. The normalized spacial score (nSPS) is 9.89. The molecule has 0 aliphatic heterocycles. The van der Waals surface area contributed by atoms with E-state index in [0.29, 0.717) is 5.56 Å². The predicted molar refractivity (Wildman–Crippen MR) is 62.1 cm³/mol. The third-order valence-corrected chi connectivity index (χ3v) is 2.13. The van der Waals surface area contributed by atoms with E-state index in [-0.39, 0.29) is 31.9 Å². The van der Waals surface area contributed by atoms with Crippen LogP contribution < -0.4 is 0 Å². The fraction of sp³-hybridized carbons (Fsp3) is 0.385. The van der Waals surface area contributed by atoms with Crippen molar-refractivity contribution in [3.8, 4) is 0 Å². The van der Waals surface area contributed by atoms with Gasteiger partial charge in [0, 0.05) is 0 Å². The van der Waals surface area contributed by atoms with Gasteiger partial charge < -0.3 is 9.47 Å². The molecule has 0 aliphatic carbocycles. The van der Waals surface area contributed by atoms with Crippen molar-refractivity contribution in [3.63, 3.8) is 0 Å². The molecule has 0 unspecified atom stereocenters. The third kappa shape index (κ3) is 5.43.